The number of aliphatic carboxylic acids is 1. The normalized spacial score (nSPS) is 11.8. The number of ether oxygens (including phenoxy) is 3. The van der Waals surface area contributed by atoms with E-state index >= 15 is 0 Å². The lowest BCUT2D eigenvalue weighted by Gasteiger charge is -2.32. The van der Waals surface area contributed by atoms with Gasteiger partial charge in [0.1, 0.15) is 6.54 Å². The third kappa shape index (κ3) is 16.3. The van der Waals surface area contributed by atoms with E-state index in [4.69, 9.17) is 14.2 Å². The summed E-state index contributed by atoms with van der Waals surface area (Å²) in [5.74, 6) is -2.26. The fraction of sp³-hybridized carbons (Fsp3) is 0.955. The van der Waals surface area contributed by atoms with Crippen molar-refractivity contribution < 1.29 is 29.4 Å². The van der Waals surface area contributed by atoms with Gasteiger partial charge >= 0.3 is 5.97 Å². The van der Waals surface area contributed by atoms with Crippen LogP contribution in [0.1, 0.15) is 97.8 Å². The molecule has 0 radical (unpaired) electrons. The molecule has 0 aromatic rings. The molecule has 0 fully saturated rings. The summed E-state index contributed by atoms with van der Waals surface area (Å²) in [5, 5.41) is 12.5. The molecule has 0 aliphatic heterocycles. The zero-order valence-corrected chi connectivity index (χ0v) is 18.6. The molecule has 0 saturated heterocycles. The third-order valence-electron chi connectivity index (χ3n) is 4.66. The van der Waals surface area contributed by atoms with Crippen LogP contribution in [0.15, 0.2) is 0 Å². The van der Waals surface area contributed by atoms with Crippen LogP contribution < -0.4 is 10.4 Å². The Bertz CT molecular complexity index is 316. The van der Waals surface area contributed by atoms with Crippen molar-refractivity contribution in [2.75, 3.05) is 32.9 Å². The van der Waals surface area contributed by atoms with Crippen LogP contribution in [0.25, 0.3) is 0 Å². The van der Waals surface area contributed by atoms with Crippen molar-refractivity contribution in [3.8, 4) is 0 Å². The van der Waals surface area contributed by atoms with Crippen LogP contribution in [-0.2, 0) is 19.0 Å². The zero-order chi connectivity index (χ0) is 20.9. The van der Waals surface area contributed by atoms with Gasteiger partial charge in [-0.2, -0.15) is 0 Å². The predicted octanol–water partition coefficient (Wildman–Crippen LogP) is 2.74. The average molecular weight is 404 g/mol. The van der Waals surface area contributed by atoms with E-state index in [1.165, 1.54) is 38.5 Å². The number of hydrogen-bond donors (Lipinski definition) is 1. The zero-order valence-electron chi connectivity index (χ0n) is 18.6. The van der Waals surface area contributed by atoms with Crippen LogP contribution in [0.5, 0.6) is 0 Å². The molecule has 2 N–H and O–H groups in total. The minimum Gasteiger partial charge on any atom is -0.544 e. The number of carbonyl (C=O) groups excluding carboxylic acids is 1. The quantitative estimate of drug-likeness (QED) is 0.222. The maximum absolute atomic E-state index is 10.8. The van der Waals surface area contributed by atoms with Gasteiger partial charge in [-0.05, 0) is 19.3 Å². The highest BCUT2D eigenvalue weighted by Crippen LogP contribution is 2.18. The van der Waals surface area contributed by atoms with Crippen molar-refractivity contribution in [1.82, 2.24) is 0 Å². The average Bonchev–Trinajstić information content (AvgIpc) is 2.67. The van der Waals surface area contributed by atoms with Crippen LogP contribution in [0.3, 0.4) is 0 Å². The van der Waals surface area contributed by atoms with Gasteiger partial charge in [-0.15, -0.1) is 0 Å². The van der Waals surface area contributed by atoms with E-state index in [9.17, 15) is 9.90 Å². The molecule has 0 aliphatic carbocycles. The first-order valence-corrected chi connectivity index (χ1v) is 11.5. The van der Waals surface area contributed by atoms with Gasteiger partial charge < -0.3 is 29.4 Å². The molecule has 0 unspecified atom stereocenters. The van der Waals surface area contributed by atoms with Crippen LogP contribution in [0, 0.1) is 0 Å². The van der Waals surface area contributed by atoms with Crippen molar-refractivity contribution in [3.63, 3.8) is 0 Å². The van der Waals surface area contributed by atoms with E-state index in [-0.39, 0.29) is 6.54 Å². The Kier molecular flexibility index (Phi) is 19.1. The Balaban J connectivity index is 4.73. The van der Waals surface area contributed by atoms with Crippen LogP contribution in [0.4, 0.5) is 0 Å². The van der Waals surface area contributed by atoms with Gasteiger partial charge in [0.2, 0.25) is 0 Å². The van der Waals surface area contributed by atoms with Gasteiger partial charge in [0.05, 0.1) is 25.8 Å². The van der Waals surface area contributed by atoms with Crippen LogP contribution in [-0.4, -0.2) is 44.9 Å². The molecule has 0 heterocycles. The molecule has 168 valence electrons. The molecule has 0 aromatic carbocycles. The van der Waals surface area contributed by atoms with Crippen molar-refractivity contribution in [2.45, 2.75) is 104 Å². The van der Waals surface area contributed by atoms with Crippen molar-refractivity contribution in [3.05, 3.63) is 0 Å². The molecule has 28 heavy (non-hydrogen) atoms. The highest BCUT2D eigenvalue weighted by atomic mass is 16.9. The van der Waals surface area contributed by atoms with E-state index in [1.807, 2.05) is 0 Å². The van der Waals surface area contributed by atoms with E-state index in [0.717, 1.165) is 38.5 Å². The van der Waals surface area contributed by atoms with E-state index in [2.05, 4.69) is 20.8 Å². The molecule has 0 saturated carbocycles. The number of carboxylic acids is 1. The summed E-state index contributed by atoms with van der Waals surface area (Å²) in [4.78, 5) is 10.8. The Morgan fingerprint density at radius 3 is 1.43 bits per heavy atom. The molecule has 0 atom stereocenters. The first kappa shape index (κ1) is 27.3. The summed E-state index contributed by atoms with van der Waals surface area (Å²) in [6.45, 7) is 8.39. The summed E-state index contributed by atoms with van der Waals surface area (Å²) in [6, 6.07) is 0. The maximum atomic E-state index is 10.8. The molecular formula is C22H45NO5. The van der Waals surface area contributed by atoms with Gasteiger partial charge in [0.15, 0.2) is 6.54 Å². The second-order valence-electron chi connectivity index (χ2n) is 7.48. The Hall–Kier alpha value is -0.690. The van der Waals surface area contributed by atoms with Gasteiger partial charge in [0, 0.05) is 0 Å². The highest BCUT2D eigenvalue weighted by Gasteiger charge is 2.36. The van der Waals surface area contributed by atoms with Crippen LogP contribution in [0.2, 0.25) is 0 Å². The third-order valence-corrected chi connectivity index (χ3v) is 4.66. The van der Waals surface area contributed by atoms with Crippen molar-refractivity contribution in [2.24, 2.45) is 0 Å². The van der Waals surface area contributed by atoms with Crippen LogP contribution >= 0.6 is 0 Å². The van der Waals surface area contributed by atoms with Gasteiger partial charge in [-0.25, -0.2) is 0 Å². The number of carbonyl (C=O) groups is 1. The number of hydrogen-bond acceptors (Lipinski definition) is 5. The minimum atomic E-state index is -1.17. The Labute approximate surface area is 172 Å². The van der Waals surface area contributed by atoms with Crippen molar-refractivity contribution in [1.29, 1.82) is 0 Å². The number of quaternary nitrogens is 1. The number of unbranched alkanes of at least 4 members (excludes halogenated alkanes) is 9. The van der Waals surface area contributed by atoms with Gasteiger partial charge in [0.25, 0.3) is 0 Å². The number of nitrogens with two attached hydrogens (primary N) is 1. The SMILES string of the molecule is CCCCCCOC(C[NH2+]CC(=O)[O-])(OCCCCCC)OCCCCCC. The lowest BCUT2D eigenvalue weighted by molar-refractivity contribution is -0.687. The Morgan fingerprint density at radius 2 is 1.11 bits per heavy atom. The van der Waals surface area contributed by atoms with E-state index in [1.54, 1.807) is 5.32 Å². The smallest absolute Gasteiger partial charge is 0.335 e. The lowest BCUT2D eigenvalue weighted by atomic mass is 10.2. The summed E-state index contributed by atoms with van der Waals surface area (Å²) in [5.41, 5.74) is 0. The van der Waals surface area contributed by atoms with Gasteiger partial charge in [-0.3, -0.25) is 0 Å². The fourth-order valence-corrected chi connectivity index (χ4v) is 2.94. The second-order valence-corrected chi connectivity index (χ2v) is 7.48. The van der Waals surface area contributed by atoms with E-state index in [0.29, 0.717) is 26.4 Å². The number of carboxylic acid groups (broad SMARTS) is 1. The molecule has 0 rings (SSSR count). The molecule has 0 amide bonds. The highest BCUT2D eigenvalue weighted by molar-refractivity contribution is 5.64. The van der Waals surface area contributed by atoms with Crippen molar-refractivity contribution >= 4 is 5.97 Å². The largest absolute Gasteiger partial charge is 0.544 e. The molecule has 6 nitrogen and oxygen atoms in total. The monoisotopic (exact) mass is 403 g/mol. The maximum Gasteiger partial charge on any atom is 0.335 e. The second kappa shape index (κ2) is 19.6. The summed E-state index contributed by atoms with van der Waals surface area (Å²) in [7, 11) is 0. The Morgan fingerprint density at radius 1 is 0.714 bits per heavy atom. The molecule has 0 bridgehead atoms. The molecule has 6 heteroatoms. The summed E-state index contributed by atoms with van der Waals surface area (Å²) in [6.07, 6.45) is 13.3. The predicted molar refractivity (Wildman–Crippen MR) is 110 cm³/mol. The first-order chi connectivity index (χ1) is 13.6. The minimum absolute atomic E-state index is 0.126. The topological polar surface area (TPSA) is 84.4 Å². The van der Waals surface area contributed by atoms with Gasteiger partial charge in [-0.1, -0.05) is 78.6 Å². The summed E-state index contributed by atoms with van der Waals surface area (Å²) < 4.78 is 18.2. The molecular weight excluding hydrogens is 358 g/mol. The lowest BCUT2D eigenvalue weighted by Crippen LogP contribution is -2.91. The number of rotatable bonds is 22. The molecule has 0 aromatic heterocycles. The fourth-order valence-electron chi connectivity index (χ4n) is 2.94. The van der Waals surface area contributed by atoms with E-state index < -0.39 is 11.9 Å². The molecule has 0 spiro atoms. The molecule has 0 aliphatic rings. The first-order valence-electron chi connectivity index (χ1n) is 11.5. The standard InChI is InChI=1S/C22H45NO5/c1-4-7-10-13-16-26-22(20-23-19-21(24)25,27-17-14-11-8-5-2)28-18-15-12-9-6-3/h23H,4-20H2,1-3H3,(H,24,25). The summed E-state index contributed by atoms with van der Waals surface area (Å²) >= 11 is 0.